The summed E-state index contributed by atoms with van der Waals surface area (Å²) in [6.07, 6.45) is 3.95. The van der Waals surface area contributed by atoms with Crippen molar-refractivity contribution in [2.24, 2.45) is 0 Å². The quantitative estimate of drug-likeness (QED) is 0.714. The molecular weight excluding hydrogens is 238 g/mol. The van der Waals surface area contributed by atoms with Crippen molar-refractivity contribution in [1.82, 2.24) is 20.5 Å². The number of carbonyl (C=O) groups excluding carboxylic acids is 2. The molecule has 0 aromatic carbocycles. The number of furan rings is 1. The highest BCUT2D eigenvalue weighted by Gasteiger charge is 2.17. The SMILES string of the molecule is CC(NC(=O)c1ccoc1)C(=O)Nc1ncn[nH]1. The van der Waals surface area contributed by atoms with E-state index in [1.807, 2.05) is 0 Å². The molecule has 2 heterocycles. The van der Waals surface area contributed by atoms with E-state index in [4.69, 9.17) is 4.42 Å². The Labute approximate surface area is 102 Å². The zero-order valence-corrected chi connectivity index (χ0v) is 9.51. The highest BCUT2D eigenvalue weighted by Crippen LogP contribution is 2.01. The molecule has 94 valence electrons. The molecule has 2 aromatic rings. The van der Waals surface area contributed by atoms with Crippen LogP contribution in [-0.4, -0.2) is 33.0 Å². The predicted octanol–water partition coefficient (Wildman–Crippen LogP) is 0.155. The van der Waals surface area contributed by atoms with Crippen LogP contribution < -0.4 is 10.6 Å². The van der Waals surface area contributed by atoms with Crippen LogP contribution >= 0.6 is 0 Å². The molecule has 0 saturated carbocycles. The van der Waals surface area contributed by atoms with E-state index in [0.717, 1.165) is 0 Å². The summed E-state index contributed by atoms with van der Waals surface area (Å²) in [5.41, 5.74) is 0.356. The van der Waals surface area contributed by atoms with E-state index in [1.54, 1.807) is 6.92 Å². The summed E-state index contributed by atoms with van der Waals surface area (Å²) in [7, 11) is 0. The Kier molecular flexibility index (Phi) is 3.37. The number of nitrogens with one attached hydrogen (secondary N) is 3. The minimum Gasteiger partial charge on any atom is -0.472 e. The summed E-state index contributed by atoms with van der Waals surface area (Å²) in [6, 6.07) is 0.800. The standard InChI is InChI=1S/C10H11N5O3/c1-6(8(16)14-10-11-5-12-15-10)13-9(17)7-2-3-18-4-7/h2-6H,1H3,(H,13,17)(H2,11,12,14,15,16). The maximum absolute atomic E-state index is 11.7. The van der Waals surface area contributed by atoms with Gasteiger partial charge in [0.25, 0.3) is 5.91 Å². The molecule has 0 bridgehead atoms. The Hall–Kier alpha value is -2.64. The van der Waals surface area contributed by atoms with Crippen molar-refractivity contribution < 1.29 is 14.0 Å². The fraction of sp³-hybridized carbons (Fsp3) is 0.200. The molecule has 18 heavy (non-hydrogen) atoms. The number of hydrogen-bond donors (Lipinski definition) is 3. The van der Waals surface area contributed by atoms with Crippen LogP contribution in [-0.2, 0) is 4.79 Å². The van der Waals surface area contributed by atoms with Crippen LogP contribution in [0, 0.1) is 0 Å². The molecule has 0 aliphatic carbocycles. The topological polar surface area (TPSA) is 113 Å². The highest BCUT2D eigenvalue weighted by atomic mass is 16.3. The Morgan fingerprint density at radius 2 is 2.33 bits per heavy atom. The van der Waals surface area contributed by atoms with Gasteiger partial charge in [-0.25, -0.2) is 5.10 Å². The van der Waals surface area contributed by atoms with Crippen LogP contribution in [0.2, 0.25) is 0 Å². The molecule has 0 radical (unpaired) electrons. The molecule has 0 saturated heterocycles. The molecule has 0 fully saturated rings. The summed E-state index contributed by atoms with van der Waals surface area (Å²) < 4.78 is 4.78. The fourth-order valence-electron chi connectivity index (χ4n) is 1.23. The van der Waals surface area contributed by atoms with Gasteiger partial charge >= 0.3 is 0 Å². The molecule has 0 aliphatic heterocycles. The van der Waals surface area contributed by atoms with Crippen molar-refractivity contribution in [1.29, 1.82) is 0 Å². The normalized spacial score (nSPS) is 11.8. The van der Waals surface area contributed by atoms with Crippen LogP contribution in [0.1, 0.15) is 17.3 Å². The zero-order valence-electron chi connectivity index (χ0n) is 9.51. The largest absolute Gasteiger partial charge is 0.472 e. The van der Waals surface area contributed by atoms with Crippen LogP contribution in [0.25, 0.3) is 0 Å². The van der Waals surface area contributed by atoms with Gasteiger partial charge in [0.15, 0.2) is 0 Å². The lowest BCUT2D eigenvalue weighted by Gasteiger charge is -2.11. The third-order valence-electron chi connectivity index (χ3n) is 2.18. The first-order chi connectivity index (χ1) is 8.66. The minimum atomic E-state index is -0.711. The van der Waals surface area contributed by atoms with Gasteiger partial charge < -0.3 is 9.73 Å². The molecule has 2 aromatic heterocycles. The van der Waals surface area contributed by atoms with E-state index in [2.05, 4.69) is 25.8 Å². The lowest BCUT2D eigenvalue weighted by molar-refractivity contribution is -0.117. The molecule has 3 N–H and O–H groups in total. The number of hydrogen-bond acceptors (Lipinski definition) is 5. The van der Waals surface area contributed by atoms with Crippen molar-refractivity contribution in [2.45, 2.75) is 13.0 Å². The van der Waals surface area contributed by atoms with E-state index < -0.39 is 11.9 Å². The summed E-state index contributed by atoms with van der Waals surface area (Å²) in [6.45, 7) is 1.56. The first-order valence-electron chi connectivity index (χ1n) is 5.16. The Morgan fingerprint density at radius 3 is 2.94 bits per heavy atom. The predicted molar refractivity (Wildman–Crippen MR) is 60.6 cm³/mol. The number of carbonyl (C=O) groups is 2. The number of nitrogens with zero attached hydrogens (tertiary/aromatic N) is 2. The van der Waals surface area contributed by atoms with Crippen LogP contribution in [0.5, 0.6) is 0 Å². The van der Waals surface area contributed by atoms with Crippen molar-refractivity contribution in [3.63, 3.8) is 0 Å². The van der Waals surface area contributed by atoms with Gasteiger partial charge in [-0.05, 0) is 13.0 Å². The van der Waals surface area contributed by atoms with Gasteiger partial charge in [0.1, 0.15) is 18.6 Å². The van der Waals surface area contributed by atoms with E-state index in [9.17, 15) is 9.59 Å². The summed E-state index contributed by atoms with van der Waals surface area (Å²) in [4.78, 5) is 27.1. The number of amides is 2. The maximum Gasteiger partial charge on any atom is 0.255 e. The Bertz CT molecular complexity index is 520. The molecule has 8 heteroatoms. The second-order valence-corrected chi connectivity index (χ2v) is 3.53. The van der Waals surface area contributed by atoms with Crippen LogP contribution in [0.15, 0.2) is 29.3 Å². The summed E-state index contributed by atoms with van der Waals surface area (Å²) in [5, 5.41) is 11.1. The van der Waals surface area contributed by atoms with Crippen molar-refractivity contribution in [3.05, 3.63) is 30.5 Å². The van der Waals surface area contributed by atoms with Gasteiger partial charge in [-0.1, -0.05) is 0 Å². The number of anilines is 1. The van der Waals surface area contributed by atoms with Gasteiger partial charge in [0, 0.05) is 0 Å². The average Bonchev–Trinajstić information content (AvgIpc) is 3.01. The highest BCUT2D eigenvalue weighted by molar-refractivity contribution is 6.00. The molecule has 1 atom stereocenters. The maximum atomic E-state index is 11.7. The first-order valence-corrected chi connectivity index (χ1v) is 5.16. The van der Waals surface area contributed by atoms with Gasteiger partial charge in [-0.15, -0.1) is 0 Å². The van der Waals surface area contributed by atoms with E-state index in [1.165, 1.54) is 24.9 Å². The number of aromatic amines is 1. The number of H-pyrrole nitrogens is 1. The minimum absolute atomic E-state index is 0.226. The lowest BCUT2D eigenvalue weighted by Crippen LogP contribution is -2.41. The Balaban J connectivity index is 1.89. The molecule has 2 amide bonds. The first kappa shape index (κ1) is 11.8. The van der Waals surface area contributed by atoms with E-state index in [0.29, 0.717) is 5.56 Å². The average molecular weight is 249 g/mol. The third-order valence-corrected chi connectivity index (χ3v) is 2.18. The number of rotatable bonds is 4. The summed E-state index contributed by atoms with van der Waals surface area (Å²) >= 11 is 0. The molecule has 1 unspecified atom stereocenters. The van der Waals surface area contributed by atoms with Gasteiger partial charge in [0.2, 0.25) is 11.9 Å². The lowest BCUT2D eigenvalue weighted by atomic mass is 10.2. The zero-order chi connectivity index (χ0) is 13.0. The molecule has 0 aliphatic rings. The monoisotopic (exact) mass is 249 g/mol. The second kappa shape index (κ2) is 5.13. The summed E-state index contributed by atoms with van der Waals surface area (Å²) in [5.74, 6) is -0.558. The van der Waals surface area contributed by atoms with Crippen molar-refractivity contribution in [3.8, 4) is 0 Å². The van der Waals surface area contributed by atoms with E-state index in [-0.39, 0.29) is 11.9 Å². The molecule has 8 nitrogen and oxygen atoms in total. The van der Waals surface area contributed by atoms with Gasteiger partial charge in [0.05, 0.1) is 11.8 Å². The molecule has 2 rings (SSSR count). The van der Waals surface area contributed by atoms with Gasteiger partial charge in [-0.2, -0.15) is 10.1 Å². The fourth-order valence-corrected chi connectivity index (χ4v) is 1.23. The van der Waals surface area contributed by atoms with Crippen molar-refractivity contribution >= 4 is 17.8 Å². The Morgan fingerprint density at radius 1 is 1.50 bits per heavy atom. The van der Waals surface area contributed by atoms with Crippen LogP contribution in [0.3, 0.4) is 0 Å². The van der Waals surface area contributed by atoms with Crippen molar-refractivity contribution in [2.75, 3.05) is 5.32 Å². The van der Waals surface area contributed by atoms with Crippen LogP contribution in [0.4, 0.5) is 5.95 Å². The molecule has 0 spiro atoms. The third kappa shape index (κ3) is 2.73. The molecular formula is C10H11N5O3. The van der Waals surface area contributed by atoms with E-state index >= 15 is 0 Å². The van der Waals surface area contributed by atoms with Gasteiger partial charge in [-0.3, -0.25) is 14.9 Å². The second-order valence-electron chi connectivity index (χ2n) is 3.53. The smallest absolute Gasteiger partial charge is 0.255 e. The number of aromatic nitrogens is 3.